The molecule has 1 atom stereocenters. The van der Waals surface area contributed by atoms with E-state index < -0.39 is 5.97 Å². The molecule has 1 aromatic carbocycles. The van der Waals surface area contributed by atoms with Crippen LogP contribution in [-0.4, -0.2) is 46.8 Å². The standard InChI is InChI=1S/C14H15N3O3/c18-14(19)7-10-9-17(5-6-20-10)13-8-15-11-3-1-2-4-12(11)16-13/h1-4,8,10H,5-7,9H2,(H,18,19). The Labute approximate surface area is 116 Å². The first-order valence-electron chi connectivity index (χ1n) is 6.52. The lowest BCUT2D eigenvalue weighted by atomic mass is 10.2. The van der Waals surface area contributed by atoms with Gasteiger partial charge in [-0.1, -0.05) is 12.1 Å². The number of morpholine rings is 1. The van der Waals surface area contributed by atoms with Gasteiger partial charge in [-0.25, -0.2) is 4.98 Å². The van der Waals surface area contributed by atoms with Gasteiger partial charge in [-0.05, 0) is 12.1 Å². The first-order valence-corrected chi connectivity index (χ1v) is 6.52. The molecule has 20 heavy (non-hydrogen) atoms. The summed E-state index contributed by atoms with van der Waals surface area (Å²) < 4.78 is 5.46. The number of benzene rings is 1. The topological polar surface area (TPSA) is 75.5 Å². The Balaban J connectivity index is 1.81. The molecule has 6 heteroatoms. The third kappa shape index (κ3) is 2.70. The van der Waals surface area contributed by atoms with Crippen molar-refractivity contribution in [1.29, 1.82) is 0 Å². The first kappa shape index (κ1) is 12.8. The summed E-state index contributed by atoms with van der Waals surface area (Å²) >= 11 is 0. The Morgan fingerprint density at radius 3 is 3.00 bits per heavy atom. The average molecular weight is 273 g/mol. The summed E-state index contributed by atoms with van der Waals surface area (Å²) in [4.78, 5) is 21.7. The summed E-state index contributed by atoms with van der Waals surface area (Å²) in [6.07, 6.45) is 1.44. The number of hydrogen-bond donors (Lipinski definition) is 1. The molecule has 2 aromatic rings. The van der Waals surface area contributed by atoms with Crippen LogP contribution in [-0.2, 0) is 9.53 Å². The van der Waals surface area contributed by atoms with Crippen LogP contribution in [0.3, 0.4) is 0 Å². The minimum atomic E-state index is -0.846. The fourth-order valence-corrected chi connectivity index (χ4v) is 2.35. The van der Waals surface area contributed by atoms with Gasteiger partial charge in [0.05, 0.1) is 36.4 Å². The predicted molar refractivity (Wildman–Crippen MR) is 73.7 cm³/mol. The van der Waals surface area contributed by atoms with Crippen molar-refractivity contribution in [3.63, 3.8) is 0 Å². The lowest BCUT2D eigenvalue weighted by Crippen LogP contribution is -2.43. The van der Waals surface area contributed by atoms with Crippen molar-refractivity contribution >= 4 is 22.8 Å². The fourth-order valence-electron chi connectivity index (χ4n) is 2.35. The van der Waals surface area contributed by atoms with Gasteiger partial charge >= 0.3 is 5.97 Å². The zero-order chi connectivity index (χ0) is 13.9. The highest BCUT2D eigenvalue weighted by Crippen LogP contribution is 2.18. The minimum Gasteiger partial charge on any atom is -0.481 e. The molecular formula is C14H15N3O3. The zero-order valence-electron chi connectivity index (χ0n) is 10.9. The molecule has 6 nitrogen and oxygen atoms in total. The van der Waals surface area contributed by atoms with Gasteiger partial charge < -0.3 is 14.7 Å². The van der Waals surface area contributed by atoms with Crippen LogP contribution in [0.25, 0.3) is 11.0 Å². The SMILES string of the molecule is O=C(O)CC1CN(c2cnc3ccccc3n2)CCO1. The number of aromatic nitrogens is 2. The van der Waals surface area contributed by atoms with E-state index in [-0.39, 0.29) is 12.5 Å². The second kappa shape index (κ2) is 5.42. The van der Waals surface area contributed by atoms with Crippen LogP contribution in [0, 0.1) is 0 Å². The molecule has 1 aliphatic rings. The second-order valence-electron chi connectivity index (χ2n) is 4.75. The Morgan fingerprint density at radius 1 is 1.40 bits per heavy atom. The summed E-state index contributed by atoms with van der Waals surface area (Å²) in [7, 11) is 0. The van der Waals surface area contributed by atoms with Gasteiger partial charge in [0, 0.05) is 13.1 Å². The fraction of sp³-hybridized carbons (Fsp3) is 0.357. The van der Waals surface area contributed by atoms with Crippen molar-refractivity contribution in [2.24, 2.45) is 0 Å². The van der Waals surface area contributed by atoms with Crippen LogP contribution in [0.15, 0.2) is 30.5 Å². The third-order valence-electron chi connectivity index (χ3n) is 3.30. The lowest BCUT2D eigenvalue weighted by molar-refractivity contribution is -0.140. The largest absolute Gasteiger partial charge is 0.481 e. The molecule has 1 aromatic heterocycles. The van der Waals surface area contributed by atoms with E-state index in [9.17, 15) is 4.79 Å². The summed E-state index contributed by atoms with van der Waals surface area (Å²) in [5, 5.41) is 8.84. The van der Waals surface area contributed by atoms with E-state index in [1.165, 1.54) is 0 Å². The van der Waals surface area contributed by atoms with Crippen LogP contribution < -0.4 is 4.90 Å². The molecule has 1 N–H and O–H groups in total. The first-order chi connectivity index (χ1) is 9.72. The molecule has 1 aliphatic heterocycles. The molecule has 0 bridgehead atoms. The molecule has 1 fully saturated rings. The number of fused-ring (bicyclic) bond motifs is 1. The summed E-state index contributed by atoms with van der Waals surface area (Å²) in [6, 6.07) is 7.68. The number of carboxylic acids is 1. The number of para-hydroxylation sites is 2. The van der Waals surface area contributed by atoms with Crippen LogP contribution in [0.5, 0.6) is 0 Å². The average Bonchev–Trinajstić information content (AvgIpc) is 2.46. The zero-order valence-corrected chi connectivity index (χ0v) is 10.9. The van der Waals surface area contributed by atoms with E-state index in [1.54, 1.807) is 6.20 Å². The highest BCUT2D eigenvalue weighted by Gasteiger charge is 2.23. The van der Waals surface area contributed by atoms with Crippen LogP contribution >= 0.6 is 0 Å². The summed E-state index contributed by atoms with van der Waals surface area (Å²) in [5.41, 5.74) is 1.69. The Bertz CT molecular complexity index is 632. The molecule has 0 amide bonds. The van der Waals surface area contributed by atoms with Gasteiger partial charge in [-0.15, -0.1) is 0 Å². The Kier molecular flexibility index (Phi) is 3.47. The third-order valence-corrected chi connectivity index (χ3v) is 3.30. The molecule has 1 unspecified atom stereocenters. The summed E-state index contributed by atoms with van der Waals surface area (Å²) in [6.45, 7) is 1.73. The predicted octanol–water partition coefficient (Wildman–Crippen LogP) is 1.31. The molecular weight excluding hydrogens is 258 g/mol. The van der Waals surface area contributed by atoms with Crippen LogP contribution in [0.4, 0.5) is 5.82 Å². The highest BCUT2D eigenvalue weighted by molar-refractivity contribution is 5.75. The molecule has 0 aliphatic carbocycles. The minimum absolute atomic E-state index is 0.0114. The smallest absolute Gasteiger partial charge is 0.306 e. The quantitative estimate of drug-likeness (QED) is 0.908. The van der Waals surface area contributed by atoms with Crippen molar-refractivity contribution in [1.82, 2.24) is 9.97 Å². The van der Waals surface area contributed by atoms with Crippen molar-refractivity contribution in [3.8, 4) is 0 Å². The number of carbonyl (C=O) groups is 1. The van der Waals surface area contributed by atoms with E-state index >= 15 is 0 Å². The second-order valence-corrected chi connectivity index (χ2v) is 4.75. The number of hydrogen-bond acceptors (Lipinski definition) is 5. The molecule has 0 spiro atoms. The van der Waals surface area contributed by atoms with Gasteiger partial charge in [0.2, 0.25) is 0 Å². The van der Waals surface area contributed by atoms with E-state index in [0.29, 0.717) is 19.7 Å². The number of ether oxygens (including phenoxy) is 1. The Morgan fingerprint density at radius 2 is 2.20 bits per heavy atom. The maximum atomic E-state index is 10.8. The number of carboxylic acid groups (broad SMARTS) is 1. The maximum Gasteiger partial charge on any atom is 0.306 e. The molecule has 0 radical (unpaired) electrons. The van der Waals surface area contributed by atoms with E-state index in [0.717, 1.165) is 16.9 Å². The number of rotatable bonds is 3. The normalized spacial score (nSPS) is 19.2. The molecule has 1 saturated heterocycles. The van der Waals surface area contributed by atoms with Crippen molar-refractivity contribution in [2.45, 2.75) is 12.5 Å². The van der Waals surface area contributed by atoms with E-state index in [1.807, 2.05) is 29.2 Å². The molecule has 3 rings (SSSR count). The van der Waals surface area contributed by atoms with Gasteiger partial charge in [-0.2, -0.15) is 0 Å². The maximum absolute atomic E-state index is 10.8. The number of nitrogens with zero attached hydrogens (tertiary/aromatic N) is 3. The molecule has 2 heterocycles. The van der Waals surface area contributed by atoms with Crippen LogP contribution in [0.1, 0.15) is 6.42 Å². The Hall–Kier alpha value is -2.21. The van der Waals surface area contributed by atoms with Crippen molar-refractivity contribution < 1.29 is 14.6 Å². The number of aliphatic carboxylic acids is 1. The monoisotopic (exact) mass is 273 g/mol. The van der Waals surface area contributed by atoms with Crippen molar-refractivity contribution in [3.05, 3.63) is 30.5 Å². The van der Waals surface area contributed by atoms with E-state index in [4.69, 9.17) is 9.84 Å². The van der Waals surface area contributed by atoms with Gasteiger partial charge in [0.15, 0.2) is 0 Å². The molecule has 104 valence electrons. The van der Waals surface area contributed by atoms with Crippen molar-refractivity contribution in [2.75, 3.05) is 24.6 Å². The van der Waals surface area contributed by atoms with E-state index in [2.05, 4.69) is 9.97 Å². The van der Waals surface area contributed by atoms with Crippen LogP contribution in [0.2, 0.25) is 0 Å². The van der Waals surface area contributed by atoms with Gasteiger partial charge in [-0.3, -0.25) is 9.78 Å². The highest BCUT2D eigenvalue weighted by atomic mass is 16.5. The number of anilines is 1. The van der Waals surface area contributed by atoms with Gasteiger partial charge in [0.1, 0.15) is 5.82 Å². The molecule has 0 saturated carbocycles. The summed E-state index contributed by atoms with van der Waals surface area (Å²) in [5.74, 6) is -0.0798. The lowest BCUT2D eigenvalue weighted by Gasteiger charge is -2.32. The van der Waals surface area contributed by atoms with Gasteiger partial charge in [0.25, 0.3) is 0 Å².